The highest BCUT2D eigenvalue weighted by atomic mass is 32.2. The van der Waals surface area contributed by atoms with Crippen LogP contribution in [0.5, 0.6) is 0 Å². The second kappa shape index (κ2) is 9.23. The third-order valence-electron chi connectivity index (χ3n) is 7.72. The molecule has 0 unspecified atom stereocenters. The van der Waals surface area contributed by atoms with E-state index in [1.54, 1.807) is 23.9 Å². The fourth-order valence-electron chi connectivity index (χ4n) is 5.69. The molecule has 3 fully saturated rings. The van der Waals surface area contributed by atoms with Gasteiger partial charge in [0.15, 0.2) is 5.16 Å². The molecule has 2 atom stereocenters. The van der Waals surface area contributed by atoms with Crippen LogP contribution in [0.1, 0.15) is 60.9 Å². The molecule has 2 saturated heterocycles. The van der Waals surface area contributed by atoms with Crippen molar-refractivity contribution in [2.24, 2.45) is 12.5 Å². The van der Waals surface area contributed by atoms with Crippen LogP contribution in [-0.2, 0) is 13.2 Å². The van der Waals surface area contributed by atoms with E-state index in [2.05, 4.69) is 32.0 Å². The third kappa shape index (κ3) is 4.95. The van der Waals surface area contributed by atoms with Crippen LogP contribution in [0.25, 0.3) is 0 Å². The van der Waals surface area contributed by atoms with Crippen molar-refractivity contribution < 1.29 is 13.2 Å². The Bertz CT molecular complexity index is 954. The number of piperidine rings is 1. The maximum Gasteiger partial charge on any atom is 0.416 e. The predicted octanol–water partition coefficient (Wildman–Crippen LogP) is 4.66. The lowest BCUT2D eigenvalue weighted by Crippen LogP contribution is -2.27. The highest BCUT2D eigenvalue weighted by molar-refractivity contribution is 7.99. The van der Waals surface area contributed by atoms with Crippen LogP contribution in [-0.4, -0.2) is 58.1 Å². The monoisotopic (exact) mass is 479 g/mol. The van der Waals surface area contributed by atoms with Crippen LogP contribution in [0.3, 0.4) is 0 Å². The van der Waals surface area contributed by atoms with Gasteiger partial charge in [0, 0.05) is 25.3 Å². The normalized spacial score (nSPS) is 26.4. The number of nitrogens with zero attached hydrogens (tertiary/aromatic N) is 4. The van der Waals surface area contributed by atoms with Crippen molar-refractivity contribution in [1.82, 2.24) is 25.0 Å². The lowest BCUT2D eigenvalue weighted by molar-refractivity contribution is -0.137. The van der Waals surface area contributed by atoms with E-state index >= 15 is 0 Å². The molecule has 1 aromatic heterocycles. The van der Waals surface area contributed by atoms with Gasteiger partial charge in [-0.2, -0.15) is 13.2 Å². The Morgan fingerprint density at radius 2 is 1.91 bits per heavy atom. The molecule has 2 aromatic rings. The highest BCUT2D eigenvalue weighted by Gasteiger charge is 2.57. The number of aromatic nitrogens is 3. The average molecular weight is 480 g/mol. The summed E-state index contributed by atoms with van der Waals surface area (Å²) in [4.78, 5) is 2.53. The number of nitrogens with one attached hydrogen (secondary N) is 1. The van der Waals surface area contributed by atoms with Crippen molar-refractivity contribution in [2.45, 2.75) is 55.3 Å². The van der Waals surface area contributed by atoms with Crippen molar-refractivity contribution in [3.05, 3.63) is 41.2 Å². The Morgan fingerprint density at radius 1 is 1.15 bits per heavy atom. The summed E-state index contributed by atoms with van der Waals surface area (Å²) in [7, 11) is 2.08. The summed E-state index contributed by atoms with van der Waals surface area (Å²) >= 11 is 1.79. The molecule has 1 aliphatic carbocycles. The lowest BCUT2D eigenvalue weighted by atomic mass is 9.97. The van der Waals surface area contributed by atoms with E-state index in [-0.39, 0.29) is 5.41 Å². The second-order valence-corrected chi connectivity index (χ2v) is 11.0. The largest absolute Gasteiger partial charge is 0.416 e. The summed E-state index contributed by atoms with van der Waals surface area (Å²) in [5.41, 5.74) is 0.782. The topological polar surface area (TPSA) is 46.0 Å². The molecule has 0 radical (unpaired) electrons. The molecule has 9 heteroatoms. The molecule has 1 saturated carbocycles. The van der Waals surface area contributed by atoms with E-state index < -0.39 is 11.7 Å². The highest BCUT2D eigenvalue weighted by Crippen LogP contribution is 2.64. The van der Waals surface area contributed by atoms with Gasteiger partial charge in [-0.25, -0.2) is 0 Å². The van der Waals surface area contributed by atoms with Crippen molar-refractivity contribution in [3.63, 3.8) is 0 Å². The molecule has 3 heterocycles. The van der Waals surface area contributed by atoms with Crippen LogP contribution >= 0.6 is 11.8 Å². The molecule has 1 N–H and O–H groups in total. The first-order chi connectivity index (χ1) is 15.9. The zero-order valence-electron chi connectivity index (χ0n) is 19.1. The molecule has 0 bridgehead atoms. The van der Waals surface area contributed by atoms with E-state index in [9.17, 15) is 13.2 Å². The number of benzene rings is 1. The molecular formula is C24H32F3N5S. The minimum absolute atomic E-state index is 0.278. The fourth-order valence-corrected chi connectivity index (χ4v) is 6.53. The van der Waals surface area contributed by atoms with Crippen molar-refractivity contribution in [1.29, 1.82) is 0 Å². The maximum absolute atomic E-state index is 12.8. The van der Waals surface area contributed by atoms with Gasteiger partial charge in [-0.1, -0.05) is 23.9 Å². The Kier molecular flexibility index (Phi) is 6.48. The Hall–Kier alpha value is -1.58. The van der Waals surface area contributed by atoms with Gasteiger partial charge in [-0.05, 0) is 87.3 Å². The molecule has 33 heavy (non-hydrogen) atoms. The smallest absolute Gasteiger partial charge is 0.317 e. The van der Waals surface area contributed by atoms with E-state index in [1.807, 2.05) is 0 Å². The molecule has 5 nitrogen and oxygen atoms in total. The van der Waals surface area contributed by atoms with E-state index in [4.69, 9.17) is 0 Å². The molecular weight excluding hydrogens is 447 g/mol. The summed E-state index contributed by atoms with van der Waals surface area (Å²) < 4.78 is 40.7. The predicted molar refractivity (Wildman–Crippen MR) is 123 cm³/mol. The van der Waals surface area contributed by atoms with Crippen LogP contribution in [0.4, 0.5) is 13.2 Å². The number of likely N-dealkylation sites (tertiary alicyclic amines) is 1. The third-order valence-corrected chi connectivity index (χ3v) is 8.82. The van der Waals surface area contributed by atoms with Gasteiger partial charge < -0.3 is 14.8 Å². The summed E-state index contributed by atoms with van der Waals surface area (Å²) in [6.45, 7) is 5.32. The van der Waals surface area contributed by atoms with Gasteiger partial charge in [-0.15, -0.1) is 10.2 Å². The Balaban J connectivity index is 1.06. The Labute approximate surface area is 197 Å². The summed E-state index contributed by atoms with van der Waals surface area (Å²) in [5, 5.41) is 13.3. The molecule has 5 rings (SSSR count). The van der Waals surface area contributed by atoms with Gasteiger partial charge in [-0.3, -0.25) is 0 Å². The quantitative estimate of drug-likeness (QED) is 0.462. The molecule has 180 valence electrons. The van der Waals surface area contributed by atoms with Crippen LogP contribution in [0.2, 0.25) is 0 Å². The van der Waals surface area contributed by atoms with E-state index in [0.29, 0.717) is 11.8 Å². The fraction of sp³-hybridized carbons (Fsp3) is 0.667. The number of alkyl halides is 3. The van der Waals surface area contributed by atoms with E-state index in [0.717, 1.165) is 87.1 Å². The minimum atomic E-state index is -4.26. The van der Waals surface area contributed by atoms with Crippen molar-refractivity contribution in [3.8, 4) is 0 Å². The average Bonchev–Trinajstić information content (AvgIpc) is 3.15. The molecule has 1 spiro atoms. The summed E-state index contributed by atoms with van der Waals surface area (Å²) in [5.74, 6) is 3.05. The number of halogens is 3. The van der Waals surface area contributed by atoms with Gasteiger partial charge >= 0.3 is 6.18 Å². The number of thioether (sulfide) groups is 1. The van der Waals surface area contributed by atoms with Gasteiger partial charge in [0.25, 0.3) is 0 Å². The molecule has 1 aromatic carbocycles. The summed E-state index contributed by atoms with van der Waals surface area (Å²) in [6, 6.07) is 5.82. The molecule has 2 aliphatic heterocycles. The minimum Gasteiger partial charge on any atom is -0.317 e. The first-order valence-corrected chi connectivity index (χ1v) is 13.0. The second-order valence-electron chi connectivity index (χ2n) is 9.89. The number of hydrogen-bond donors (Lipinski definition) is 1. The molecule has 0 amide bonds. The van der Waals surface area contributed by atoms with Crippen molar-refractivity contribution in [2.75, 3.05) is 38.5 Å². The Morgan fingerprint density at radius 3 is 2.64 bits per heavy atom. The van der Waals surface area contributed by atoms with Crippen LogP contribution < -0.4 is 5.32 Å². The zero-order chi connectivity index (χ0) is 23.1. The van der Waals surface area contributed by atoms with E-state index in [1.165, 1.54) is 12.1 Å². The van der Waals surface area contributed by atoms with Crippen molar-refractivity contribution >= 4 is 11.8 Å². The van der Waals surface area contributed by atoms with Crippen LogP contribution in [0.15, 0.2) is 29.4 Å². The van der Waals surface area contributed by atoms with Gasteiger partial charge in [0.1, 0.15) is 5.82 Å². The molecule has 3 aliphatic rings. The lowest BCUT2D eigenvalue weighted by Gasteiger charge is -2.21. The first-order valence-electron chi connectivity index (χ1n) is 12.0. The number of rotatable bonds is 7. The SMILES string of the molecule is Cn1c(SCCCN2CC[C@@]3(C[C@H]3c3ccc(C(F)(F)F)cc3)C2)nnc1C1CCNCC1. The first kappa shape index (κ1) is 23.2. The van der Waals surface area contributed by atoms with Gasteiger partial charge in [0.2, 0.25) is 0 Å². The maximum atomic E-state index is 12.8. The summed E-state index contributed by atoms with van der Waals surface area (Å²) in [6.07, 6.45) is 1.33. The standard InChI is InChI=1S/C24H32F3N5S/c1-31-21(18-7-10-28-11-8-18)29-30-22(31)33-14-2-12-32-13-9-23(16-32)15-20(23)17-3-5-19(6-4-17)24(25,26)27/h3-6,18,20,28H,2,7-16H2,1H3/t20-,23+/m0/s1. The van der Waals surface area contributed by atoms with Gasteiger partial charge in [0.05, 0.1) is 5.56 Å². The zero-order valence-corrected chi connectivity index (χ0v) is 19.9. The number of hydrogen-bond acceptors (Lipinski definition) is 5. The van der Waals surface area contributed by atoms with Crippen LogP contribution in [0, 0.1) is 5.41 Å².